The van der Waals surface area contributed by atoms with E-state index in [1.165, 1.54) is 24.3 Å². The molecule has 3 aliphatic rings. The Labute approximate surface area is 267 Å². The van der Waals surface area contributed by atoms with Crippen molar-refractivity contribution in [3.05, 3.63) is 82.8 Å². The van der Waals surface area contributed by atoms with Gasteiger partial charge in [0.1, 0.15) is 17.1 Å². The summed E-state index contributed by atoms with van der Waals surface area (Å²) in [5, 5.41) is 16.4. The van der Waals surface area contributed by atoms with E-state index in [0.29, 0.717) is 35.6 Å². The predicted molar refractivity (Wildman–Crippen MR) is 171 cm³/mol. The van der Waals surface area contributed by atoms with Crippen molar-refractivity contribution in [1.29, 1.82) is 0 Å². The number of likely N-dealkylation sites (N-methyl/N-ethyl adjacent to an activating group) is 2. The summed E-state index contributed by atoms with van der Waals surface area (Å²) >= 11 is 0. The highest BCUT2D eigenvalue weighted by atomic mass is 19.1. The van der Waals surface area contributed by atoms with Crippen LogP contribution in [0.1, 0.15) is 23.1 Å². The second-order valence-electron chi connectivity index (χ2n) is 12.0. The topological polar surface area (TPSA) is 116 Å². The lowest BCUT2D eigenvalue weighted by Gasteiger charge is -2.29. The lowest BCUT2D eigenvalue weighted by atomic mass is 9.90. The van der Waals surface area contributed by atoms with Crippen molar-refractivity contribution in [3.63, 3.8) is 0 Å². The highest BCUT2D eigenvalue weighted by molar-refractivity contribution is 6.23. The normalized spacial score (nSPS) is 22.6. The van der Waals surface area contributed by atoms with Crippen LogP contribution in [-0.4, -0.2) is 85.7 Å². The molecule has 6 rings (SSSR count). The number of rotatable bonds is 8. The van der Waals surface area contributed by atoms with E-state index < -0.39 is 23.7 Å². The molecule has 3 aromatic carbocycles. The minimum Gasteiger partial charge on any atom is -0.496 e. The number of ether oxygens (including phenoxy) is 3. The molecule has 10 nitrogen and oxygen atoms in total. The van der Waals surface area contributed by atoms with Gasteiger partial charge in [0.05, 0.1) is 19.8 Å². The van der Waals surface area contributed by atoms with Crippen LogP contribution in [0, 0.1) is 19.7 Å². The van der Waals surface area contributed by atoms with Crippen LogP contribution >= 0.6 is 0 Å². The molecule has 46 heavy (non-hydrogen) atoms. The number of aliphatic hydroxyl groups is 1. The van der Waals surface area contributed by atoms with Crippen LogP contribution in [0.5, 0.6) is 5.75 Å². The van der Waals surface area contributed by atoms with Crippen molar-refractivity contribution >= 4 is 17.5 Å². The van der Waals surface area contributed by atoms with E-state index in [9.17, 15) is 14.7 Å². The number of aliphatic hydroxyl groups excluding tert-OH is 1. The third kappa shape index (κ3) is 5.99. The van der Waals surface area contributed by atoms with Gasteiger partial charge in [-0.2, -0.15) is 0 Å². The maximum absolute atomic E-state index is 15.6. The molecular weight excluding hydrogens is 591 g/mol. The zero-order chi connectivity index (χ0) is 32.7. The molecule has 3 aromatic rings. The van der Waals surface area contributed by atoms with Crippen LogP contribution in [0.25, 0.3) is 22.3 Å². The first-order valence-electron chi connectivity index (χ1n) is 15.3. The van der Waals surface area contributed by atoms with Gasteiger partial charge in [0.15, 0.2) is 12.5 Å². The van der Waals surface area contributed by atoms with Crippen molar-refractivity contribution in [2.24, 2.45) is 0 Å². The molecule has 3 heterocycles. The molecule has 242 valence electrons. The number of hydrogen-bond donors (Lipinski definition) is 3. The van der Waals surface area contributed by atoms with E-state index in [4.69, 9.17) is 14.2 Å². The second-order valence-corrected chi connectivity index (χ2v) is 12.0. The van der Waals surface area contributed by atoms with Crippen molar-refractivity contribution in [3.8, 4) is 28.0 Å². The van der Waals surface area contributed by atoms with E-state index >= 15 is 4.39 Å². The monoisotopic (exact) mass is 630 g/mol. The molecule has 3 aliphatic heterocycles. The Morgan fingerprint density at radius 1 is 1.07 bits per heavy atom. The summed E-state index contributed by atoms with van der Waals surface area (Å²) in [6.45, 7) is 4.90. The highest BCUT2D eigenvalue weighted by Gasteiger charge is 2.50. The number of benzene rings is 3. The number of amides is 2. The van der Waals surface area contributed by atoms with Gasteiger partial charge < -0.3 is 39.8 Å². The summed E-state index contributed by atoms with van der Waals surface area (Å²) < 4.78 is 32.0. The first-order chi connectivity index (χ1) is 22.1. The lowest BCUT2D eigenvalue weighted by molar-refractivity contribution is -0.129. The van der Waals surface area contributed by atoms with Crippen LogP contribution in [0.3, 0.4) is 0 Å². The van der Waals surface area contributed by atoms with Gasteiger partial charge in [-0.05, 0) is 71.8 Å². The third-order valence-corrected chi connectivity index (χ3v) is 9.12. The zero-order valence-corrected chi connectivity index (χ0v) is 26.6. The largest absolute Gasteiger partial charge is 0.496 e. The summed E-state index contributed by atoms with van der Waals surface area (Å²) in [5.74, 6) is -0.898. The second kappa shape index (κ2) is 12.8. The number of halogens is 1. The maximum atomic E-state index is 15.6. The number of carbonyl (C=O) groups excluding carboxylic acids is 2. The average Bonchev–Trinajstić information content (AvgIpc) is 3.86. The smallest absolute Gasteiger partial charge is 0.262 e. The van der Waals surface area contributed by atoms with E-state index in [0.717, 1.165) is 27.8 Å². The number of methoxy groups -OCH3 is 1. The summed E-state index contributed by atoms with van der Waals surface area (Å²) in [6, 6.07) is 14.6. The molecule has 0 aromatic heterocycles. The van der Waals surface area contributed by atoms with Gasteiger partial charge in [-0.15, -0.1) is 0 Å². The quantitative estimate of drug-likeness (QED) is 0.253. The molecule has 2 saturated heterocycles. The average molecular weight is 631 g/mol. The molecule has 2 amide bonds. The molecular formula is C35H39FN4O6. The van der Waals surface area contributed by atoms with Crippen molar-refractivity contribution < 1.29 is 33.3 Å². The fourth-order valence-electron chi connectivity index (χ4n) is 6.28. The van der Waals surface area contributed by atoms with Gasteiger partial charge in [-0.1, -0.05) is 30.3 Å². The van der Waals surface area contributed by atoms with Crippen molar-refractivity contribution in [1.82, 2.24) is 15.1 Å². The zero-order valence-electron chi connectivity index (χ0n) is 26.6. The Balaban J connectivity index is 1.26. The molecule has 2 fully saturated rings. The summed E-state index contributed by atoms with van der Waals surface area (Å²) in [6.07, 6.45) is 0.893. The van der Waals surface area contributed by atoms with Gasteiger partial charge in [0.2, 0.25) is 0 Å². The molecule has 4 atom stereocenters. The molecule has 2 unspecified atom stereocenters. The lowest BCUT2D eigenvalue weighted by Crippen LogP contribution is -2.46. The number of anilines is 1. The Morgan fingerprint density at radius 2 is 1.78 bits per heavy atom. The summed E-state index contributed by atoms with van der Waals surface area (Å²) in [5.41, 5.74) is 6.07. The Hall–Kier alpha value is -4.29. The summed E-state index contributed by atoms with van der Waals surface area (Å²) in [7, 11) is 4.92. The van der Waals surface area contributed by atoms with Crippen LogP contribution in [0.15, 0.2) is 60.3 Å². The van der Waals surface area contributed by atoms with E-state index in [1.54, 1.807) is 25.1 Å². The first-order valence-corrected chi connectivity index (χ1v) is 15.3. The Bertz CT molecular complexity index is 1710. The van der Waals surface area contributed by atoms with Gasteiger partial charge in [-0.3, -0.25) is 9.59 Å². The molecule has 0 radical (unpaired) electrons. The third-order valence-electron chi connectivity index (χ3n) is 9.12. The van der Waals surface area contributed by atoms with Crippen LogP contribution in [-0.2, 0) is 25.6 Å². The number of fused-ring (bicyclic) bond motifs is 1. The molecule has 0 spiro atoms. The van der Waals surface area contributed by atoms with Crippen LogP contribution in [0.4, 0.5) is 10.1 Å². The Morgan fingerprint density at radius 3 is 2.52 bits per heavy atom. The minimum absolute atomic E-state index is 0.0299. The highest BCUT2D eigenvalue weighted by Crippen LogP contribution is 2.38. The van der Waals surface area contributed by atoms with Gasteiger partial charge in [0, 0.05) is 50.7 Å². The molecule has 0 aliphatic carbocycles. The number of nitrogens with zero attached hydrogens (tertiary/aromatic N) is 2. The molecule has 0 saturated carbocycles. The molecule has 0 bridgehead atoms. The number of nitrogens with one attached hydrogen (secondary N) is 2. The standard InChI is InChI=1S/C35H39FN4O6/c1-19-22(21-14-27(36)25(31(15-21)44-5)16-37-29-12-13-45-18-30(29)41)8-6-9-23(19)24-10-7-11-28(20(24)2)38-32(42)26-17-39(3)34-35(46-34)40(4)33(26)43/h6-11,14-15,17,29-30,34-35,37,41H,12-13,16,18H2,1-5H3,(H,38,42)/t29-,30+,34?,35?/m0/s1. The predicted octanol–water partition coefficient (Wildman–Crippen LogP) is 3.93. The first kappa shape index (κ1) is 31.7. The van der Waals surface area contributed by atoms with E-state index in [-0.39, 0.29) is 37.2 Å². The van der Waals surface area contributed by atoms with Gasteiger partial charge in [-0.25, -0.2) is 4.39 Å². The van der Waals surface area contributed by atoms with Gasteiger partial charge in [0.25, 0.3) is 11.8 Å². The number of epoxide rings is 1. The SMILES string of the molecule is COc1cc(-c2cccc(-c3cccc(NC(=O)C4=CN(C)C5OC5N(C)C4=O)c3C)c2C)cc(F)c1CN[C@H]1CCOC[C@H]1O. The fourth-order valence-corrected chi connectivity index (χ4v) is 6.28. The van der Waals surface area contributed by atoms with E-state index in [1.807, 2.05) is 50.2 Å². The fraction of sp³-hybridized carbons (Fsp3) is 0.371. The maximum Gasteiger partial charge on any atom is 0.262 e. The van der Waals surface area contributed by atoms with E-state index in [2.05, 4.69) is 10.6 Å². The molecule has 3 N–H and O–H groups in total. The summed E-state index contributed by atoms with van der Waals surface area (Å²) in [4.78, 5) is 29.5. The van der Waals surface area contributed by atoms with Crippen LogP contribution in [0.2, 0.25) is 0 Å². The van der Waals surface area contributed by atoms with Crippen molar-refractivity contribution in [2.75, 3.05) is 39.7 Å². The number of carbonyl (C=O) groups is 2. The van der Waals surface area contributed by atoms with Gasteiger partial charge >= 0.3 is 0 Å². The minimum atomic E-state index is -0.650. The number of hydrogen-bond acceptors (Lipinski definition) is 8. The van der Waals surface area contributed by atoms with Crippen molar-refractivity contribution in [2.45, 2.75) is 51.4 Å². The van der Waals surface area contributed by atoms with Crippen LogP contribution < -0.4 is 15.4 Å². The Kier molecular flexibility index (Phi) is 8.84. The molecule has 11 heteroatoms.